The quantitative estimate of drug-likeness (QED) is 0.624. The maximum absolute atomic E-state index is 12.4. The molecule has 4 rings (SSSR count). The van der Waals surface area contributed by atoms with Crippen LogP contribution in [0.5, 0.6) is 0 Å². The number of hydrogen-bond acceptors (Lipinski definition) is 3. The summed E-state index contributed by atoms with van der Waals surface area (Å²) in [5.74, 6) is 0.693. The second-order valence-corrected chi connectivity index (χ2v) is 6.13. The van der Waals surface area contributed by atoms with Gasteiger partial charge in [0.15, 0.2) is 11.5 Å². The molecular formula is C20H18N4O. The first-order valence-electron chi connectivity index (χ1n) is 8.27. The van der Waals surface area contributed by atoms with Gasteiger partial charge in [-0.15, -0.1) is 10.2 Å². The molecule has 124 valence electrons. The zero-order chi connectivity index (χ0) is 17.2. The third-order valence-corrected chi connectivity index (χ3v) is 4.28. The van der Waals surface area contributed by atoms with Crippen molar-refractivity contribution in [3.05, 3.63) is 78.2 Å². The van der Waals surface area contributed by atoms with Crippen LogP contribution in [0.1, 0.15) is 24.4 Å². The molecule has 5 nitrogen and oxygen atoms in total. The summed E-state index contributed by atoms with van der Waals surface area (Å²) in [5, 5.41) is 13.6. The summed E-state index contributed by atoms with van der Waals surface area (Å²) < 4.78 is 1.89. The van der Waals surface area contributed by atoms with E-state index in [4.69, 9.17) is 0 Å². The molecule has 1 atom stereocenters. The van der Waals surface area contributed by atoms with Crippen molar-refractivity contribution in [3.63, 3.8) is 0 Å². The third kappa shape index (κ3) is 3.08. The van der Waals surface area contributed by atoms with Gasteiger partial charge in [-0.25, -0.2) is 0 Å². The van der Waals surface area contributed by atoms with Crippen molar-refractivity contribution < 1.29 is 4.79 Å². The van der Waals surface area contributed by atoms with Gasteiger partial charge in [-0.2, -0.15) is 0 Å². The molecule has 0 aliphatic rings. The minimum absolute atomic E-state index is 0.0320. The van der Waals surface area contributed by atoms with Crippen LogP contribution in [-0.2, 0) is 11.2 Å². The van der Waals surface area contributed by atoms with Gasteiger partial charge in [0.1, 0.15) is 0 Å². The maximum Gasteiger partial charge on any atom is 0.224 e. The van der Waals surface area contributed by atoms with Gasteiger partial charge < -0.3 is 5.32 Å². The summed E-state index contributed by atoms with van der Waals surface area (Å²) in [5.41, 5.74) is 1.77. The van der Waals surface area contributed by atoms with Gasteiger partial charge in [-0.05, 0) is 35.4 Å². The van der Waals surface area contributed by atoms with Gasteiger partial charge in [0.05, 0.1) is 12.5 Å². The summed E-state index contributed by atoms with van der Waals surface area (Å²) in [4.78, 5) is 12.4. The molecule has 5 heteroatoms. The Morgan fingerprint density at radius 2 is 1.84 bits per heavy atom. The van der Waals surface area contributed by atoms with Crippen molar-refractivity contribution in [2.75, 3.05) is 0 Å². The summed E-state index contributed by atoms with van der Waals surface area (Å²) in [6.45, 7) is 1.92. The highest BCUT2D eigenvalue weighted by molar-refractivity contribution is 5.85. The van der Waals surface area contributed by atoms with Crippen LogP contribution in [0.4, 0.5) is 0 Å². The first-order valence-corrected chi connectivity index (χ1v) is 8.27. The van der Waals surface area contributed by atoms with Crippen molar-refractivity contribution in [2.45, 2.75) is 19.4 Å². The largest absolute Gasteiger partial charge is 0.346 e. The lowest BCUT2D eigenvalue weighted by Crippen LogP contribution is -2.29. The van der Waals surface area contributed by atoms with Crippen molar-refractivity contribution >= 4 is 22.3 Å². The van der Waals surface area contributed by atoms with Crippen molar-refractivity contribution in [1.82, 2.24) is 19.9 Å². The lowest BCUT2D eigenvalue weighted by atomic mass is 10.0. The smallest absolute Gasteiger partial charge is 0.224 e. The molecule has 1 N–H and O–H groups in total. The Hall–Kier alpha value is -3.21. The lowest BCUT2D eigenvalue weighted by molar-refractivity contribution is -0.121. The number of rotatable bonds is 4. The van der Waals surface area contributed by atoms with Crippen LogP contribution in [-0.4, -0.2) is 20.5 Å². The molecule has 0 aliphatic carbocycles. The number of nitrogens with zero attached hydrogens (tertiary/aromatic N) is 3. The first kappa shape index (κ1) is 15.3. The topological polar surface area (TPSA) is 59.3 Å². The van der Waals surface area contributed by atoms with Crippen LogP contribution < -0.4 is 5.32 Å². The summed E-state index contributed by atoms with van der Waals surface area (Å²) in [7, 11) is 0. The number of fused-ring (bicyclic) bond motifs is 2. The Morgan fingerprint density at radius 3 is 2.72 bits per heavy atom. The van der Waals surface area contributed by atoms with E-state index in [1.165, 1.54) is 5.39 Å². The number of pyridine rings is 1. The van der Waals surface area contributed by atoms with Gasteiger partial charge in [0.25, 0.3) is 0 Å². The van der Waals surface area contributed by atoms with Crippen molar-refractivity contribution in [2.24, 2.45) is 0 Å². The molecule has 25 heavy (non-hydrogen) atoms. The monoisotopic (exact) mass is 330 g/mol. The van der Waals surface area contributed by atoms with E-state index in [1.807, 2.05) is 60.0 Å². The van der Waals surface area contributed by atoms with Gasteiger partial charge >= 0.3 is 0 Å². The standard InChI is InChI=1S/C20H18N4O/c1-14(20-23-22-18-8-4-5-11-24(18)20)21-19(25)13-15-9-10-16-6-2-3-7-17(16)12-15/h2-12,14H,13H2,1H3,(H,21,25). The Bertz CT molecular complexity index is 1050. The number of carbonyl (C=O) groups excluding carboxylic acids is 1. The Labute approximate surface area is 145 Å². The molecule has 2 aromatic carbocycles. The predicted octanol–water partition coefficient (Wildman–Crippen LogP) is 3.30. The number of amides is 1. The Morgan fingerprint density at radius 1 is 1.04 bits per heavy atom. The summed E-state index contributed by atoms with van der Waals surface area (Å²) in [6, 6.07) is 19.8. The fraction of sp³-hybridized carbons (Fsp3) is 0.150. The molecule has 0 fully saturated rings. The van der Waals surface area contributed by atoms with Crippen LogP contribution >= 0.6 is 0 Å². The highest BCUT2D eigenvalue weighted by atomic mass is 16.1. The normalized spacial score (nSPS) is 12.4. The molecule has 4 aromatic rings. The summed E-state index contributed by atoms with van der Waals surface area (Å²) in [6.07, 6.45) is 2.24. The summed E-state index contributed by atoms with van der Waals surface area (Å²) >= 11 is 0. The SMILES string of the molecule is CC(NC(=O)Cc1ccc2ccccc2c1)c1nnc2ccccn12. The molecule has 0 bridgehead atoms. The fourth-order valence-corrected chi connectivity index (χ4v) is 3.05. The van der Waals surface area contributed by atoms with Crippen molar-refractivity contribution in [3.8, 4) is 0 Å². The van der Waals surface area contributed by atoms with E-state index in [2.05, 4.69) is 33.7 Å². The first-order chi connectivity index (χ1) is 12.2. The van der Waals surface area contributed by atoms with E-state index in [0.717, 1.165) is 22.4 Å². The number of aromatic nitrogens is 3. The molecular weight excluding hydrogens is 312 g/mol. The van der Waals surface area contributed by atoms with Gasteiger partial charge in [-0.3, -0.25) is 9.20 Å². The average molecular weight is 330 g/mol. The van der Waals surface area contributed by atoms with Crippen LogP contribution in [0.3, 0.4) is 0 Å². The van der Waals surface area contributed by atoms with Crippen LogP contribution in [0.2, 0.25) is 0 Å². The number of nitrogens with one attached hydrogen (secondary N) is 1. The predicted molar refractivity (Wildman–Crippen MR) is 97.2 cm³/mol. The third-order valence-electron chi connectivity index (χ3n) is 4.28. The van der Waals surface area contributed by atoms with Crippen LogP contribution in [0.25, 0.3) is 16.4 Å². The van der Waals surface area contributed by atoms with E-state index in [9.17, 15) is 4.79 Å². The molecule has 0 radical (unpaired) electrons. The molecule has 0 saturated carbocycles. The average Bonchev–Trinajstić information content (AvgIpc) is 3.05. The second-order valence-electron chi connectivity index (χ2n) is 6.13. The molecule has 1 unspecified atom stereocenters. The maximum atomic E-state index is 12.4. The molecule has 0 saturated heterocycles. The van der Waals surface area contributed by atoms with Crippen LogP contribution in [0, 0.1) is 0 Å². The Kier molecular flexibility index (Phi) is 3.90. The van der Waals surface area contributed by atoms with Crippen LogP contribution in [0.15, 0.2) is 66.9 Å². The van der Waals surface area contributed by atoms with E-state index in [-0.39, 0.29) is 11.9 Å². The number of benzene rings is 2. The molecule has 2 aromatic heterocycles. The Balaban J connectivity index is 1.49. The lowest BCUT2D eigenvalue weighted by Gasteiger charge is -2.12. The minimum Gasteiger partial charge on any atom is -0.346 e. The van der Waals surface area contributed by atoms with E-state index < -0.39 is 0 Å². The van der Waals surface area contributed by atoms with E-state index in [1.54, 1.807) is 0 Å². The zero-order valence-electron chi connectivity index (χ0n) is 13.9. The minimum atomic E-state index is -0.217. The fourth-order valence-electron chi connectivity index (χ4n) is 3.05. The molecule has 1 amide bonds. The molecule has 0 spiro atoms. The number of carbonyl (C=O) groups is 1. The highest BCUT2D eigenvalue weighted by Gasteiger charge is 2.15. The van der Waals surface area contributed by atoms with Gasteiger partial charge in [0.2, 0.25) is 5.91 Å². The van der Waals surface area contributed by atoms with E-state index >= 15 is 0 Å². The van der Waals surface area contributed by atoms with Crippen molar-refractivity contribution in [1.29, 1.82) is 0 Å². The molecule has 0 aliphatic heterocycles. The highest BCUT2D eigenvalue weighted by Crippen LogP contribution is 2.17. The van der Waals surface area contributed by atoms with Gasteiger partial charge in [-0.1, -0.05) is 48.5 Å². The van der Waals surface area contributed by atoms with Gasteiger partial charge in [0, 0.05) is 6.20 Å². The zero-order valence-corrected chi connectivity index (χ0v) is 13.9. The second kappa shape index (κ2) is 6.36. The molecule has 2 heterocycles. The van der Waals surface area contributed by atoms with E-state index in [0.29, 0.717) is 6.42 Å². The number of hydrogen-bond donors (Lipinski definition) is 1.